The highest BCUT2D eigenvalue weighted by Gasteiger charge is 2.34. The van der Waals surface area contributed by atoms with E-state index in [0.29, 0.717) is 13.1 Å². The molecule has 8 heteroatoms. The predicted octanol–water partition coefficient (Wildman–Crippen LogP) is 0.620. The predicted molar refractivity (Wildman–Crippen MR) is 95.5 cm³/mol. The van der Waals surface area contributed by atoms with Gasteiger partial charge in [-0.25, -0.2) is 9.67 Å². The van der Waals surface area contributed by atoms with Crippen LogP contribution in [-0.4, -0.2) is 43.5 Å². The number of hydrogen-bond acceptors (Lipinski definition) is 5. The molecule has 1 aliphatic heterocycles. The molecule has 0 saturated carbocycles. The molecule has 134 valence electrons. The number of nitrogens with one attached hydrogen (secondary N) is 2. The van der Waals surface area contributed by atoms with Gasteiger partial charge in [-0.05, 0) is 23.3 Å². The summed E-state index contributed by atoms with van der Waals surface area (Å²) in [6, 6.07) is 7.91. The van der Waals surface area contributed by atoms with Crippen LogP contribution in [-0.2, 0) is 18.4 Å². The fourth-order valence-electron chi connectivity index (χ4n) is 3.36. The lowest BCUT2D eigenvalue weighted by molar-refractivity contribution is -0.125. The van der Waals surface area contributed by atoms with Gasteiger partial charge in [-0.15, -0.1) is 0 Å². The van der Waals surface area contributed by atoms with Crippen molar-refractivity contribution in [3.8, 4) is 5.69 Å². The Morgan fingerprint density at radius 1 is 1.27 bits per heavy atom. The molecular formula is C18H21N7O. The van der Waals surface area contributed by atoms with Crippen LogP contribution in [0.3, 0.4) is 0 Å². The Bertz CT molecular complexity index is 869. The van der Waals surface area contributed by atoms with E-state index >= 15 is 0 Å². The molecule has 2 atom stereocenters. The van der Waals surface area contributed by atoms with Gasteiger partial charge in [0.15, 0.2) is 0 Å². The number of amides is 1. The first-order chi connectivity index (χ1) is 12.7. The largest absolute Gasteiger partial charge is 0.352 e. The molecule has 1 saturated heterocycles. The maximum atomic E-state index is 12.7. The first kappa shape index (κ1) is 16.5. The number of benzene rings is 1. The van der Waals surface area contributed by atoms with Gasteiger partial charge in [0.25, 0.3) is 0 Å². The van der Waals surface area contributed by atoms with E-state index < -0.39 is 0 Å². The Kier molecular flexibility index (Phi) is 4.49. The molecule has 1 fully saturated rings. The van der Waals surface area contributed by atoms with Gasteiger partial charge in [0, 0.05) is 38.8 Å². The highest BCUT2D eigenvalue weighted by atomic mass is 16.1. The van der Waals surface area contributed by atoms with Crippen LogP contribution in [0.5, 0.6) is 0 Å². The number of aromatic nitrogens is 5. The maximum absolute atomic E-state index is 12.7. The summed E-state index contributed by atoms with van der Waals surface area (Å²) in [6.45, 7) is 2.00. The number of rotatable bonds is 5. The third-order valence-electron chi connectivity index (χ3n) is 4.79. The Hall–Kier alpha value is -3.00. The smallest absolute Gasteiger partial charge is 0.225 e. The average Bonchev–Trinajstić information content (AvgIpc) is 3.40. The van der Waals surface area contributed by atoms with Gasteiger partial charge in [0.1, 0.15) is 12.7 Å². The first-order valence-electron chi connectivity index (χ1n) is 8.61. The Labute approximate surface area is 151 Å². The van der Waals surface area contributed by atoms with Gasteiger partial charge in [-0.3, -0.25) is 9.48 Å². The first-order valence-corrected chi connectivity index (χ1v) is 8.61. The van der Waals surface area contributed by atoms with E-state index in [1.54, 1.807) is 15.7 Å². The Morgan fingerprint density at radius 3 is 2.81 bits per heavy atom. The van der Waals surface area contributed by atoms with E-state index in [9.17, 15) is 4.79 Å². The molecule has 0 radical (unpaired) electrons. The molecule has 1 amide bonds. The quantitative estimate of drug-likeness (QED) is 0.703. The van der Waals surface area contributed by atoms with Crippen molar-refractivity contribution in [2.45, 2.75) is 12.5 Å². The molecule has 2 N–H and O–H groups in total. The van der Waals surface area contributed by atoms with Crippen LogP contribution >= 0.6 is 0 Å². The van der Waals surface area contributed by atoms with Crippen molar-refractivity contribution in [2.24, 2.45) is 13.0 Å². The van der Waals surface area contributed by atoms with Crippen molar-refractivity contribution in [2.75, 3.05) is 13.1 Å². The fraction of sp³-hybridized carbons (Fsp3) is 0.333. The molecule has 26 heavy (non-hydrogen) atoms. The standard InChI is InChI=1S/C18H21N7O/c1-24-10-14(7-22-24)16-8-19-9-17(16)18(26)21-6-13-2-4-15(5-3-13)25-12-20-11-23-25/h2-5,7,10-12,16-17,19H,6,8-9H2,1H3,(H,21,26)/t16-,17+/m1/s1. The highest BCUT2D eigenvalue weighted by Crippen LogP contribution is 2.27. The van der Waals surface area contributed by atoms with Crippen molar-refractivity contribution in [1.82, 2.24) is 35.2 Å². The molecule has 1 aromatic carbocycles. The molecule has 4 rings (SSSR count). The van der Waals surface area contributed by atoms with Crippen LogP contribution in [0.25, 0.3) is 5.69 Å². The summed E-state index contributed by atoms with van der Waals surface area (Å²) < 4.78 is 3.48. The SMILES string of the molecule is Cn1cc([C@H]2CNC[C@@H]2C(=O)NCc2ccc(-n3cncn3)cc2)cn1. The van der Waals surface area contributed by atoms with Crippen LogP contribution < -0.4 is 10.6 Å². The zero-order chi connectivity index (χ0) is 17.9. The second-order valence-electron chi connectivity index (χ2n) is 6.54. The summed E-state index contributed by atoms with van der Waals surface area (Å²) in [5, 5.41) is 14.7. The third-order valence-corrected chi connectivity index (χ3v) is 4.79. The van der Waals surface area contributed by atoms with E-state index in [1.807, 2.05) is 43.7 Å². The number of hydrogen-bond donors (Lipinski definition) is 2. The van der Waals surface area contributed by atoms with Gasteiger partial charge in [-0.1, -0.05) is 12.1 Å². The second-order valence-corrected chi connectivity index (χ2v) is 6.54. The lowest BCUT2D eigenvalue weighted by atomic mass is 9.90. The van der Waals surface area contributed by atoms with Gasteiger partial charge in [0.2, 0.25) is 5.91 Å². The molecule has 0 unspecified atom stereocenters. The summed E-state index contributed by atoms with van der Waals surface area (Å²) in [7, 11) is 1.89. The van der Waals surface area contributed by atoms with Gasteiger partial charge in [0.05, 0.1) is 17.8 Å². The number of carbonyl (C=O) groups excluding carboxylic acids is 1. The monoisotopic (exact) mass is 351 g/mol. The minimum atomic E-state index is -0.0754. The summed E-state index contributed by atoms with van der Waals surface area (Å²) in [5.74, 6) is 0.163. The maximum Gasteiger partial charge on any atom is 0.225 e. The summed E-state index contributed by atoms with van der Waals surface area (Å²) in [5.41, 5.74) is 3.09. The van der Waals surface area contributed by atoms with Gasteiger partial charge < -0.3 is 10.6 Å². The normalized spacial score (nSPS) is 19.6. The number of carbonyl (C=O) groups is 1. The Morgan fingerprint density at radius 2 is 2.12 bits per heavy atom. The lowest BCUT2D eigenvalue weighted by Crippen LogP contribution is -2.33. The summed E-state index contributed by atoms with van der Waals surface area (Å²) in [6.07, 6.45) is 6.99. The second kappa shape index (κ2) is 7.09. The fourth-order valence-corrected chi connectivity index (χ4v) is 3.36. The summed E-state index contributed by atoms with van der Waals surface area (Å²) >= 11 is 0. The van der Waals surface area contributed by atoms with Crippen LogP contribution in [0.15, 0.2) is 49.3 Å². The van der Waals surface area contributed by atoms with Crippen LogP contribution in [0.2, 0.25) is 0 Å². The van der Waals surface area contributed by atoms with Gasteiger partial charge >= 0.3 is 0 Å². The number of aryl methyl sites for hydroxylation is 1. The van der Waals surface area contributed by atoms with E-state index in [0.717, 1.165) is 23.4 Å². The Balaban J connectivity index is 1.37. The summed E-state index contributed by atoms with van der Waals surface area (Å²) in [4.78, 5) is 16.6. The topological polar surface area (TPSA) is 89.7 Å². The van der Waals surface area contributed by atoms with Crippen molar-refractivity contribution >= 4 is 5.91 Å². The van der Waals surface area contributed by atoms with Crippen molar-refractivity contribution in [3.63, 3.8) is 0 Å². The van der Waals surface area contributed by atoms with Crippen molar-refractivity contribution < 1.29 is 4.79 Å². The van der Waals surface area contributed by atoms with Crippen LogP contribution in [0, 0.1) is 5.92 Å². The molecule has 1 aliphatic rings. The van der Waals surface area contributed by atoms with E-state index in [-0.39, 0.29) is 17.7 Å². The highest BCUT2D eigenvalue weighted by molar-refractivity contribution is 5.80. The van der Waals surface area contributed by atoms with Crippen LogP contribution in [0.1, 0.15) is 17.0 Å². The molecular weight excluding hydrogens is 330 g/mol. The zero-order valence-electron chi connectivity index (χ0n) is 14.5. The molecule has 0 bridgehead atoms. The average molecular weight is 351 g/mol. The number of nitrogens with zero attached hydrogens (tertiary/aromatic N) is 5. The lowest BCUT2D eigenvalue weighted by Gasteiger charge is -2.17. The van der Waals surface area contributed by atoms with E-state index in [1.165, 1.54) is 6.33 Å². The van der Waals surface area contributed by atoms with Crippen molar-refractivity contribution in [1.29, 1.82) is 0 Å². The molecule has 3 heterocycles. The van der Waals surface area contributed by atoms with E-state index in [4.69, 9.17) is 0 Å². The molecule has 8 nitrogen and oxygen atoms in total. The van der Waals surface area contributed by atoms with Crippen molar-refractivity contribution in [3.05, 3.63) is 60.4 Å². The molecule has 3 aromatic rings. The zero-order valence-corrected chi connectivity index (χ0v) is 14.5. The third kappa shape index (κ3) is 3.36. The minimum absolute atomic E-state index is 0.0733. The molecule has 0 spiro atoms. The van der Waals surface area contributed by atoms with Gasteiger partial charge in [-0.2, -0.15) is 10.2 Å². The van der Waals surface area contributed by atoms with Crippen LogP contribution in [0.4, 0.5) is 0 Å². The molecule has 2 aromatic heterocycles. The molecule has 0 aliphatic carbocycles. The minimum Gasteiger partial charge on any atom is -0.352 e. The van der Waals surface area contributed by atoms with E-state index in [2.05, 4.69) is 25.8 Å².